The van der Waals surface area contributed by atoms with Gasteiger partial charge in [0.05, 0.1) is 5.54 Å². The Morgan fingerprint density at radius 2 is 1.70 bits per heavy atom. The van der Waals surface area contributed by atoms with E-state index in [0.717, 1.165) is 0 Å². The molecule has 4 nitrogen and oxygen atoms in total. The predicted octanol–water partition coefficient (Wildman–Crippen LogP) is 2.37. The van der Waals surface area contributed by atoms with Crippen LogP contribution in [-0.2, 0) is 9.53 Å². The number of halogens is 3. The molecule has 0 aliphatic rings. The maximum Gasteiger partial charge on any atom is 0.389 e. The van der Waals surface area contributed by atoms with Crippen LogP contribution in [0, 0.1) is 0 Å². The lowest BCUT2D eigenvalue weighted by Gasteiger charge is -2.29. The van der Waals surface area contributed by atoms with E-state index in [0.29, 0.717) is 19.4 Å². The van der Waals surface area contributed by atoms with E-state index in [1.807, 2.05) is 13.8 Å². The quantitative estimate of drug-likeness (QED) is 0.609. The fourth-order valence-corrected chi connectivity index (χ4v) is 1.91. The molecule has 7 heteroatoms. The van der Waals surface area contributed by atoms with Gasteiger partial charge in [0, 0.05) is 25.7 Å². The third-order valence-corrected chi connectivity index (χ3v) is 2.87. The third-order valence-electron chi connectivity index (χ3n) is 2.87. The number of hydrogen-bond donors (Lipinski definition) is 2. The molecule has 0 saturated heterocycles. The Morgan fingerprint density at radius 1 is 1.20 bits per heavy atom. The average molecular weight is 298 g/mol. The van der Waals surface area contributed by atoms with Crippen LogP contribution in [0.25, 0.3) is 0 Å². The fourth-order valence-electron chi connectivity index (χ4n) is 1.91. The van der Waals surface area contributed by atoms with Gasteiger partial charge in [-0.1, -0.05) is 0 Å². The number of hydrogen-bond acceptors (Lipinski definition) is 3. The van der Waals surface area contributed by atoms with Crippen molar-refractivity contribution in [1.29, 1.82) is 0 Å². The summed E-state index contributed by atoms with van der Waals surface area (Å²) in [6.45, 7) is 5.94. The fraction of sp³-hybridized carbons (Fsp3) is 0.923. The Bertz CT molecular complexity index is 296. The van der Waals surface area contributed by atoms with E-state index >= 15 is 0 Å². The monoisotopic (exact) mass is 298 g/mol. The maximum atomic E-state index is 11.9. The van der Waals surface area contributed by atoms with Crippen LogP contribution in [0.15, 0.2) is 0 Å². The standard InChI is InChI=1S/C13H25F3N2O2/c1-10(2)18-12(3,11(17)19)6-4-8-20-9-5-7-13(14,15)16/h10,18H,4-9H2,1-3H3,(H2,17,19). The Morgan fingerprint density at radius 3 is 2.10 bits per heavy atom. The zero-order valence-corrected chi connectivity index (χ0v) is 12.3. The molecular weight excluding hydrogens is 273 g/mol. The first-order chi connectivity index (χ1) is 9.07. The molecule has 0 aromatic rings. The van der Waals surface area contributed by atoms with Gasteiger partial charge in [0.1, 0.15) is 0 Å². The highest BCUT2D eigenvalue weighted by atomic mass is 19.4. The van der Waals surface area contributed by atoms with Gasteiger partial charge in [-0.05, 0) is 40.0 Å². The zero-order valence-electron chi connectivity index (χ0n) is 12.3. The molecular formula is C13H25F3N2O2. The van der Waals surface area contributed by atoms with Crippen molar-refractivity contribution in [2.24, 2.45) is 5.73 Å². The van der Waals surface area contributed by atoms with Gasteiger partial charge in [-0.2, -0.15) is 13.2 Å². The minimum absolute atomic E-state index is 0.0408. The van der Waals surface area contributed by atoms with Gasteiger partial charge in [0.25, 0.3) is 0 Å². The van der Waals surface area contributed by atoms with Crippen LogP contribution in [0.3, 0.4) is 0 Å². The van der Waals surface area contributed by atoms with E-state index in [1.165, 1.54) is 0 Å². The second-order valence-electron chi connectivity index (χ2n) is 5.43. The smallest absolute Gasteiger partial charge is 0.381 e. The molecule has 0 aromatic heterocycles. The Labute approximate surface area is 118 Å². The van der Waals surface area contributed by atoms with Crippen molar-refractivity contribution >= 4 is 5.91 Å². The first-order valence-electron chi connectivity index (χ1n) is 6.79. The van der Waals surface area contributed by atoms with Gasteiger partial charge in [0.2, 0.25) is 5.91 Å². The number of nitrogens with two attached hydrogens (primary N) is 1. The summed E-state index contributed by atoms with van der Waals surface area (Å²) >= 11 is 0. The largest absolute Gasteiger partial charge is 0.389 e. The first-order valence-corrected chi connectivity index (χ1v) is 6.79. The second kappa shape index (κ2) is 8.46. The van der Waals surface area contributed by atoms with E-state index in [4.69, 9.17) is 10.5 Å². The summed E-state index contributed by atoms with van der Waals surface area (Å²) in [6.07, 6.45) is -3.96. The molecule has 120 valence electrons. The normalized spacial score (nSPS) is 15.3. The van der Waals surface area contributed by atoms with E-state index in [1.54, 1.807) is 6.92 Å². The lowest BCUT2D eigenvalue weighted by molar-refractivity contribution is -0.138. The number of ether oxygens (including phenoxy) is 1. The van der Waals surface area contributed by atoms with E-state index in [2.05, 4.69) is 5.32 Å². The average Bonchev–Trinajstić information content (AvgIpc) is 2.25. The van der Waals surface area contributed by atoms with Crippen LogP contribution in [0.2, 0.25) is 0 Å². The molecule has 0 spiro atoms. The van der Waals surface area contributed by atoms with Crippen molar-refractivity contribution in [3.8, 4) is 0 Å². The van der Waals surface area contributed by atoms with Crippen molar-refractivity contribution in [2.75, 3.05) is 13.2 Å². The van der Waals surface area contributed by atoms with Crippen molar-refractivity contribution in [3.05, 3.63) is 0 Å². The minimum Gasteiger partial charge on any atom is -0.381 e. The topological polar surface area (TPSA) is 64.3 Å². The molecule has 3 N–H and O–H groups in total. The number of amides is 1. The SMILES string of the molecule is CC(C)NC(C)(CCCOCCCC(F)(F)F)C(N)=O. The third kappa shape index (κ3) is 9.14. The molecule has 20 heavy (non-hydrogen) atoms. The summed E-state index contributed by atoms with van der Waals surface area (Å²) in [5.41, 5.74) is 4.55. The van der Waals surface area contributed by atoms with Crippen LogP contribution >= 0.6 is 0 Å². The van der Waals surface area contributed by atoms with Crippen LogP contribution in [0.1, 0.15) is 46.5 Å². The first kappa shape index (κ1) is 19.2. The lowest BCUT2D eigenvalue weighted by atomic mass is 9.94. The number of rotatable bonds is 10. The highest BCUT2D eigenvalue weighted by Gasteiger charge is 2.30. The summed E-state index contributed by atoms with van der Waals surface area (Å²) in [5.74, 6) is -0.441. The minimum atomic E-state index is -4.13. The maximum absolute atomic E-state index is 11.9. The van der Waals surface area contributed by atoms with Gasteiger partial charge < -0.3 is 15.8 Å². The number of alkyl halides is 3. The molecule has 1 atom stereocenters. The molecule has 0 rings (SSSR count). The molecule has 0 aliphatic carbocycles. The predicted molar refractivity (Wildman–Crippen MR) is 71.2 cm³/mol. The van der Waals surface area contributed by atoms with Crippen molar-refractivity contribution in [1.82, 2.24) is 5.32 Å². The van der Waals surface area contributed by atoms with Crippen LogP contribution < -0.4 is 11.1 Å². The molecule has 0 radical (unpaired) electrons. The molecule has 0 heterocycles. The van der Waals surface area contributed by atoms with Gasteiger partial charge in [-0.15, -0.1) is 0 Å². The van der Waals surface area contributed by atoms with E-state index < -0.39 is 24.0 Å². The number of nitrogens with one attached hydrogen (secondary N) is 1. The number of carbonyl (C=O) groups is 1. The van der Waals surface area contributed by atoms with Gasteiger partial charge in [-0.3, -0.25) is 4.79 Å². The summed E-state index contributed by atoms with van der Waals surface area (Å²) in [6, 6.07) is 0.111. The summed E-state index contributed by atoms with van der Waals surface area (Å²) in [4.78, 5) is 11.4. The lowest BCUT2D eigenvalue weighted by Crippen LogP contribution is -2.55. The summed E-state index contributed by atoms with van der Waals surface area (Å²) in [7, 11) is 0. The van der Waals surface area contributed by atoms with Gasteiger partial charge in [-0.25, -0.2) is 0 Å². The van der Waals surface area contributed by atoms with Crippen LogP contribution in [-0.4, -0.2) is 36.9 Å². The van der Waals surface area contributed by atoms with E-state index in [9.17, 15) is 18.0 Å². The Kier molecular flexibility index (Phi) is 8.12. The summed E-state index contributed by atoms with van der Waals surface area (Å²) in [5, 5.41) is 3.10. The van der Waals surface area contributed by atoms with Crippen molar-refractivity contribution in [3.63, 3.8) is 0 Å². The van der Waals surface area contributed by atoms with Crippen LogP contribution in [0.5, 0.6) is 0 Å². The van der Waals surface area contributed by atoms with Gasteiger partial charge in [0.15, 0.2) is 0 Å². The van der Waals surface area contributed by atoms with Crippen molar-refractivity contribution < 1.29 is 22.7 Å². The van der Waals surface area contributed by atoms with Gasteiger partial charge >= 0.3 is 6.18 Å². The molecule has 1 unspecified atom stereocenters. The number of carbonyl (C=O) groups excluding carboxylic acids is 1. The summed E-state index contributed by atoms with van der Waals surface area (Å²) < 4.78 is 40.8. The van der Waals surface area contributed by atoms with Crippen molar-refractivity contribution in [2.45, 2.75) is 64.2 Å². The molecule has 0 bridgehead atoms. The Hall–Kier alpha value is -0.820. The van der Waals surface area contributed by atoms with Crippen LogP contribution in [0.4, 0.5) is 13.2 Å². The molecule has 1 amide bonds. The molecule has 0 aromatic carbocycles. The highest BCUT2D eigenvalue weighted by Crippen LogP contribution is 2.21. The highest BCUT2D eigenvalue weighted by molar-refractivity contribution is 5.84. The molecule has 0 aliphatic heterocycles. The molecule has 0 saturated carbocycles. The molecule has 0 fully saturated rings. The Balaban J connectivity index is 3.83. The number of primary amides is 1. The zero-order chi connectivity index (χ0) is 15.8. The second-order valence-corrected chi connectivity index (χ2v) is 5.43. The van der Waals surface area contributed by atoms with E-state index in [-0.39, 0.29) is 19.1 Å².